The zero-order valence-electron chi connectivity index (χ0n) is 15.8. The molecule has 7 nitrogen and oxygen atoms in total. The van der Waals surface area contributed by atoms with Crippen molar-refractivity contribution in [2.75, 3.05) is 19.0 Å². The van der Waals surface area contributed by atoms with Gasteiger partial charge in [-0.15, -0.1) is 0 Å². The predicted molar refractivity (Wildman–Crippen MR) is 107 cm³/mol. The Morgan fingerprint density at radius 3 is 2.68 bits per heavy atom. The maximum absolute atomic E-state index is 9.60. The van der Waals surface area contributed by atoms with Gasteiger partial charge in [0.05, 0.1) is 36.5 Å². The third-order valence-corrected chi connectivity index (χ3v) is 4.42. The molecule has 0 saturated carbocycles. The number of aromatic nitrogens is 3. The van der Waals surface area contributed by atoms with E-state index in [4.69, 9.17) is 9.15 Å². The van der Waals surface area contributed by atoms with Gasteiger partial charge in [-0.1, -0.05) is 12.1 Å². The minimum atomic E-state index is -0.470. The van der Waals surface area contributed by atoms with E-state index in [2.05, 4.69) is 15.3 Å². The number of hydrogen-bond acceptors (Lipinski definition) is 6. The van der Waals surface area contributed by atoms with Crippen molar-refractivity contribution >= 4 is 17.0 Å². The molecule has 2 aromatic heterocycles. The number of benzene rings is 2. The number of anilines is 1. The molecule has 0 aliphatic carbocycles. The van der Waals surface area contributed by atoms with Crippen LogP contribution in [0.2, 0.25) is 0 Å². The minimum absolute atomic E-state index is 0.416. The van der Waals surface area contributed by atoms with E-state index in [1.54, 1.807) is 20.3 Å². The van der Waals surface area contributed by atoms with Crippen molar-refractivity contribution in [2.45, 2.75) is 19.6 Å². The average Bonchev–Trinajstić information content (AvgIpc) is 3.32. The van der Waals surface area contributed by atoms with Gasteiger partial charge in [0, 0.05) is 12.1 Å². The van der Waals surface area contributed by atoms with E-state index in [1.165, 1.54) is 0 Å². The maximum Gasteiger partial charge on any atom is 0.226 e. The SMILES string of the molecule is COc1ccc(-c2nc(Cn3c(NCC(C)O)nc4ccccc43)co2)cc1. The molecule has 0 fully saturated rings. The van der Waals surface area contributed by atoms with Crippen LogP contribution in [0.1, 0.15) is 12.6 Å². The molecule has 0 radical (unpaired) electrons. The Labute approximate surface area is 162 Å². The lowest BCUT2D eigenvalue weighted by Gasteiger charge is -2.10. The number of para-hydroxylation sites is 2. The number of methoxy groups -OCH3 is 1. The molecule has 0 spiro atoms. The molecule has 2 N–H and O–H groups in total. The number of nitrogens with zero attached hydrogens (tertiary/aromatic N) is 3. The topological polar surface area (TPSA) is 85.3 Å². The van der Waals surface area contributed by atoms with E-state index in [0.29, 0.717) is 24.9 Å². The highest BCUT2D eigenvalue weighted by Gasteiger charge is 2.14. The van der Waals surface area contributed by atoms with Crippen LogP contribution in [-0.2, 0) is 6.54 Å². The number of nitrogens with one attached hydrogen (secondary N) is 1. The number of aliphatic hydroxyl groups excluding tert-OH is 1. The first-order valence-corrected chi connectivity index (χ1v) is 9.10. The second kappa shape index (κ2) is 7.74. The standard InChI is InChI=1S/C21H22N4O3/c1-14(26)11-22-21-24-18-5-3-4-6-19(18)25(21)12-16-13-28-20(23-16)15-7-9-17(27-2)10-8-15/h3-10,13-14,26H,11-12H2,1-2H3,(H,22,24). The Balaban J connectivity index is 1.62. The van der Waals surface area contributed by atoms with Gasteiger partial charge in [-0.25, -0.2) is 9.97 Å². The Morgan fingerprint density at radius 1 is 1.14 bits per heavy atom. The number of ether oxygens (including phenoxy) is 1. The maximum atomic E-state index is 9.60. The highest BCUT2D eigenvalue weighted by molar-refractivity contribution is 5.78. The first kappa shape index (κ1) is 18.1. The van der Waals surface area contributed by atoms with Gasteiger partial charge in [0.15, 0.2) is 0 Å². The zero-order valence-corrected chi connectivity index (χ0v) is 15.8. The van der Waals surface area contributed by atoms with E-state index < -0.39 is 6.10 Å². The molecule has 0 amide bonds. The summed E-state index contributed by atoms with van der Waals surface area (Å²) >= 11 is 0. The summed E-state index contributed by atoms with van der Waals surface area (Å²) in [5.74, 6) is 2.03. The molecular weight excluding hydrogens is 356 g/mol. The van der Waals surface area contributed by atoms with Gasteiger partial charge < -0.3 is 24.1 Å². The molecule has 1 unspecified atom stereocenters. The fourth-order valence-electron chi connectivity index (χ4n) is 3.02. The summed E-state index contributed by atoms with van der Waals surface area (Å²) in [4.78, 5) is 9.25. The second-order valence-corrected chi connectivity index (χ2v) is 6.61. The molecule has 1 atom stereocenters. The van der Waals surface area contributed by atoms with Crippen molar-refractivity contribution in [3.8, 4) is 17.2 Å². The molecule has 4 aromatic rings. The number of imidazole rings is 1. The highest BCUT2D eigenvalue weighted by atomic mass is 16.5. The van der Waals surface area contributed by atoms with Crippen LogP contribution in [-0.4, -0.2) is 39.4 Å². The Kier molecular flexibility index (Phi) is 4.99. The van der Waals surface area contributed by atoms with E-state index in [-0.39, 0.29) is 0 Å². The molecular formula is C21H22N4O3. The number of rotatable bonds is 7. The lowest BCUT2D eigenvalue weighted by molar-refractivity contribution is 0.208. The van der Waals surface area contributed by atoms with Crippen LogP contribution in [0.25, 0.3) is 22.5 Å². The molecule has 2 heterocycles. The summed E-state index contributed by atoms with van der Waals surface area (Å²) in [6.45, 7) is 2.65. The Hall–Kier alpha value is -3.32. The van der Waals surface area contributed by atoms with Gasteiger partial charge in [0.25, 0.3) is 0 Å². The Bertz CT molecular complexity index is 1070. The molecule has 28 heavy (non-hydrogen) atoms. The van der Waals surface area contributed by atoms with Crippen molar-refractivity contribution < 1.29 is 14.3 Å². The quantitative estimate of drug-likeness (QED) is 0.512. The van der Waals surface area contributed by atoms with Gasteiger partial charge in [0.2, 0.25) is 11.8 Å². The summed E-state index contributed by atoms with van der Waals surface area (Å²) in [6, 6.07) is 15.5. The van der Waals surface area contributed by atoms with E-state index in [9.17, 15) is 5.11 Å². The van der Waals surface area contributed by atoms with E-state index >= 15 is 0 Å². The summed E-state index contributed by atoms with van der Waals surface area (Å²) in [7, 11) is 1.64. The zero-order chi connectivity index (χ0) is 19.5. The van der Waals surface area contributed by atoms with Crippen molar-refractivity contribution in [1.82, 2.24) is 14.5 Å². The molecule has 2 aromatic carbocycles. The van der Waals surface area contributed by atoms with Gasteiger partial charge in [-0.05, 0) is 43.3 Å². The van der Waals surface area contributed by atoms with Crippen LogP contribution in [0, 0.1) is 0 Å². The van der Waals surface area contributed by atoms with Crippen LogP contribution >= 0.6 is 0 Å². The smallest absolute Gasteiger partial charge is 0.226 e. The molecule has 7 heteroatoms. The second-order valence-electron chi connectivity index (χ2n) is 6.61. The molecule has 0 saturated heterocycles. The van der Waals surface area contributed by atoms with Crippen LogP contribution in [0.3, 0.4) is 0 Å². The first-order chi connectivity index (χ1) is 13.6. The first-order valence-electron chi connectivity index (χ1n) is 9.10. The average molecular weight is 378 g/mol. The third kappa shape index (κ3) is 3.70. The number of aliphatic hydroxyl groups is 1. The summed E-state index contributed by atoms with van der Waals surface area (Å²) in [6.07, 6.45) is 1.19. The predicted octanol–water partition coefficient (Wildman–Crippen LogP) is 3.54. The van der Waals surface area contributed by atoms with Crippen LogP contribution in [0.5, 0.6) is 5.75 Å². The van der Waals surface area contributed by atoms with Crippen molar-refractivity contribution in [3.05, 3.63) is 60.5 Å². The van der Waals surface area contributed by atoms with Crippen LogP contribution in [0.4, 0.5) is 5.95 Å². The van der Waals surface area contributed by atoms with Crippen molar-refractivity contribution in [1.29, 1.82) is 0 Å². The molecule has 0 aliphatic rings. The summed E-state index contributed by atoms with van der Waals surface area (Å²) < 4.78 is 12.9. The fourth-order valence-corrected chi connectivity index (χ4v) is 3.02. The van der Waals surface area contributed by atoms with Gasteiger partial charge in [0.1, 0.15) is 12.0 Å². The van der Waals surface area contributed by atoms with E-state index in [1.807, 2.05) is 53.1 Å². The van der Waals surface area contributed by atoms with Crippen LogP contribution in [0.15, 0.2) is 59.2 Å². The lowest BCUT2D eigenvalue weighted by Crippen LogP contribution is -2.18. The monoisotopic (exact) mass is 378 g/mol. The Morgan fingerprint density at radius 2 is 1.93 bits per heavy atom. The number of hydrogen-bond donors (Lipinski definition) is 2. The van der Waals surface area contributed by atoms with Gasteiger partial charge >= 0.3 is 0 Å². The van der Waals surface area contributed by atoms with Crippen molar-refractivity contribution in [2.24, 2.45) is 0 Å². The summed E-state index contributed by atoms with van der Waals surface area (Å²) in [5.41, 5.74) is 3.54. The van der Waals surface area contributed by atoms with Crippen molar-refractivity contribution in [3.63, 3.8) is 0 Å². The van der Waals surface area contributed by atoms with Gasteiger partial charge in [-0.2, -0.15) is 0 Å². The minimum Gasteiger partial charge on any atom is -0.497 e. The number of fused-ring (bicyclic) bond motifs is 1. The molecule has 144 valence electrons. The number of oxazole rings is 1. The third-order valence-electron chi connectivity index (χ3n) is 4.42. The van der Waals surface area contributed by atoms with E-state index in [0.717, 1.165) is 28.0 Å². The normalized spacial score (nSPS) is 12.2. The largest absolute Gasteiger partial charge is 0.497 e. The summed E-state index contributed by atoms with van der Waals surface area (Å²) in [5, 5.41) is 12.8. The van der Waals surface area contributed by atoms with Gasteiger partial charge in [-0.3, -0.25) is 0 Å². The lowest BCUT2D eigenvalue weighted by atomic mass is 10.2. The molecule has 0 bridgehead atoms. The highest BCUT2D eigenvalue weighted by Crippen LogP contribution is 2.24. The molecule has 0 aliphatic heterocycles. The fraction of sp³-hybridized carbons (Fsp3) is 0.238. The van der Waals surface area contributed by atoms with Crippen LogP contribution < -0.4 is 10.1 Å². The molecule has 4 rings (SSSR count).